The summed E-state index contributed by atoms with van der Waals surface area (Å²) in [6.07, 6.45) is 1.80. The van der Waals surface area contributed by atoms with E-state index in [1.165, 1.54) is 0 Å². The van der Waals surface area contributed by atoms with Gasteiger partial charge in [-0.1, -0.05) is 23.4 Å². The Morgan fingerprint density at radius 3 is 2.31 bits per heavy atom. The number of nitrogens with one attached hydrogen (secondary N) is 1. The van der Waals surface area contributed by atoms with Crippen LogP contribution in [0.3, 0.4) is 0 Å². The zero-order valence-electron chi connectivity index (χ0n) is 18.2. The molecule has 1 aromatic heterocycles. The molecule has 1 N–H and O–H groups in total. The third kappa shape index (κ3) is 4.09. The predicted octanol–water partition coefficient (Wildman–Crippen LogP) is 4.60. The van der Waals surface area contributed by atoms with Crippen molar-refractivity contribution in [1.29, 1.82) is 0 Å². The Labute approximate surface area is 192 Å². The number of ether oxygens (including phenoxy) is 2. The molecule has 2 heterocycles. The van der Waals surface area contributed by atoms with Crippen molar-refractivity contribution < 1.29 is 14.0 Å². The minimum Gasteiger partial charge on any atom is -0.497 e. The average molecular weight is 449 g/mol. The highest BCUT2D eigenvalue weighted by Gasteiger charge is 2.33. The van der Waals surface area contributed by atoms with Crippen molar-refractivity contribution in [3.05, 3.63) is 78.3 Å². The number of rotatable bonds is 7. The summed E-state index contributed by atoms with van der Waals surface area (Å²) >= 11 is 5.63. The second kappa shape index (κ2) is 9.23. The number of hydrogen-bond acceptors (Lipinski definition) is 6. The van der Waals surface area contributed by atoms with Gasteiger partial charge in [-0.2, -0.15) is 4.98 Å². The van der Waals surface area contributed by atoms with Crippen LogP contribution in [0.1, 0.15) is 24.4 Å². The van der Waals surface area contributed by atoms with E-state index in [1.54, 1.807) is 20.3 Å². The SMILES string of the molecule is C=CCN1C(=S)NC(c2ccc(OC)cc2)C(c2nc(-c3ccc(OC)cc3)no2)=C1C. The van der Waals surface area contributed by atoms with Gasteiger partial charge in [0.1, 0.15) is 11.5 Å². The van der Waals surface area contributed by atoms with Gasteiger partial charge in [0.2, 0.25) is 5.82 Å². The van der Waals surface area contributed by atoms with Crippen LogP contribution < -0.4 is 14.8 Å². The molecule has 0 saturated heterocycles. The molecule has 3 aromatic rings. The first-order valence-corrected chi connectivity index (χ1v) is 10.5. The zero-order chi connectivity index (χ0) is 22.7. The van der Waals surface area contributed by atoms with E-state index in [9.17, 15) is 0 Å². The van der Waals surface area contributed by atoms with Crippen molar-refractivity contribution >= 4 is 22.9 Å². The van der Waals surface area contributed by atoms with Crippen LogP contribution in [0.15, 0.2) is 71.4 Å². The molecule has 0 spiro atoms. The second-order valence-electron chi connectivity index (χ2n) is 7.21. The molecule has 164 valence electrons. The van der Waals surface area contributed by atoms with Gasteiger partial charge in [0.05, 0.1) is 25.8 Å². The van der Waals surface area contributed by atoms with Gasteiger partial charge in [-0.3, -0.25) is 0 Å². The Hall–Kier alpha value is -3.65. The van der Waals surface area contributed by atoms with Crippen LogP contribution in [0.4, 0.5) is 0 Å². The lowest BCUT2D eigenvalue weighted by molar-refractivity contribution is 0.399. The summed E-state index contributed by atoms with van der Waals surface area (Å²) in [6, 6.07) is 15.1. The maximum atomic E-state index is 5.73. The summed E-state index contributed by atoms with van der Waals surface area (Å²) in [6.45, 7) is 6.41. The van der Waals surface area contributed by atoms with Gasteiger partial charge >= 0.3 is 0 Å². The molecule has 32 heavy (non-hydrogen) atoms. The summed E-state index contributed by atoms with van der Waals surface area (Å²) in [5.74, 6) is 2.47. The number of allylic oxidation sites excluding steroid dienone is 1. The van der Waals surface area contributed by atoms with E-state index >= 15 is 0 Å². The molecule has 0 saturated carbocycles. The average Bonchev–Trinajstić information content (AvgIpc) is 3.31. The molecule has 0 aliphatic carbocycles. The summed E-state index contributed by atoms with van der Waals surface area (Å²) < 4.78 is 16.3. The van der Waals surface area contributed by atoms with Gasteiger partial charge < -0.3 is 24.2 Å². The molecule has 1 aliphatic heterocycles. The van der Waals surface area contributed by atoms with Crippen molar-refractivity contribution in [2.45, 2.75) is 13.0 Å². The highest BCUT2D eigenvalue weighted by molar-refractivity contribution is 7.80. The van der Waals surface area contributed by atoms with Gasteiger partial charge in [0, 0.05) is 17.8 Å². The molecule has 0 radical (unpaired) electrons. The quantitative estimate of drug-likeness (QED) is 0.415. The molecular weight excluding hydrogens is 424 g/mol. The molecule has 1 unspecified atom stereocenters. The molecule has 1 aliphatic rings. The number of hydrogen-bond donors (Lipinski definition) is 1. The fourth-order valence-corrected chi connectivity index (χ4v) is 3.97. The molecule has 8 heteroatoms. The number of methoxy groups -OCH3 is 2. The lowest BCUT2D eigenvalue weighted by atomic mass is 9.94. The fourth-order valence-electron chi connectivity index (χ4n) is 3.64. The fraction of sp³-hybridized carbons (Fsp3) is 0.208. The molecule has 7 nitrogen and oxygen atoms in total. The first-order chi connectivity index (χ1) is 15.5. The van der Waals surface area contributed by atoms with Gasteiger partial charge in [-0.05, 0) is 61.1 Å². The monoisotopic (exact) mass is 448 g/mol. The van der Waals surface area contributed by atoms with Gasteiger partial charge in [0.25, 0.3) is 5.89 Å². The number of aromatic nitrogens is 2. The van der Waals surface area contributed by atoms with Crippen LogP contribution in [0.25, 0.3) is 17.0 Å². The Bertz CT molecular complexity index is 1150. The first kappa shape index (κ1) is 21.6. The third-order valence-corrected chi connectivity index (χ3v) is 5.70. The summed E-state index contributed by atoms with van der Waals surface area (Å²) in [4.78, 5) is 6.67. The van der Waals surface area contributed by atoms with Crippen molar-refractivity contribution in [1.82, 2.24) is 20.4 Å². The second-order valence-corrected chi connectivity index (χ2v) is 7.59. The molecule has 1 atom stereocenters. The lowest BCUT2D eigenvalue weighted by Gasteiger charge is -2.36. The highest BCUT2D eigenvalue weighted by atomic mass is 32.1. The van der Waals surface area contributed by atoms with Crippen LogP contribution in [-0.4, -0.2) is 40.9 Å². The van der Waals surface area contributed by atoms with Crippen molar-refractivity contribution in [2.24, 2.45) is 0 Å². The molecule has 2 aromatic carbocycles. The van der Waals surface area contributed by atoms with Crippen LogP contribution in [-0.2, 0) is 0 Å². The first-order valence-electron chi connectivity index (χ1n) is 10.1. The standard InChI is InChI=1S/C24H24N4O3S/c1-5-14-28-15(2)20(21(25-24(28)32)16-6-10-18(29-3)11-7-16)23-26-22(27-31-23)17-8-12-19(30-4)13-9-17/h5-13,21H,1,14H2,2-4H3,(H,25,32). The summed E-state index contributed by atoms with van der Waals surface area (Å²) in [7, 11) is 3.27. The largest absolute Gasteiger partial charge is 0.497 e. The van der Waals surface area contributed by atoms with E-state index in [0.29, 0.717) is 23.4 Å². The van der Waals surface area contributed by atoms with Crippen molar-refractivity contribution in [3.8, 4) is 22.9 Å². The lowest BCUT2D eigenvalue weighted by Crippen LogP contribution is -2.45. The van der Waals surface area contributed by atoms with E-state index in [0.717, 1.165) is 33.9 Å². The number of nitrogens with zero attached hydrogens (tertiary/aromatic N) is 3. The Balaban J connectivity index is 1.77. The van der Waals surface area contributed by atoms with Crippen molar-refractivity contribution in [2.75, 3.05) is 20.8 Å². The van der Waals surface area contributed by atoms with Crippen LogP contribution in [0, 0.1) is 0 Å². The Morgan fingerprint density at radius 2 is 1.72 bits per heavy atom. The number of thiocarbonyl (C=S) groups is 1. The van der Waals surface area contributed by atoms with E-state index < -0.39 is 0 Å². The van der Waals surface area contributed by atoms with Crippen molar-refractivity contribution in [3.63, 3.8) is 0 Å². The minimum atomic E-state index is -0.251. The molecular formula is C24H24N4O3S. The number of benzene rings is 2. The van der Waals surface area contributed by atoms with Crippen LogP contribution in [0.2, 0.25) is 0 Å². The maximum absolute atomic E-state index is 5.73. The predicted molar refractivity (Wildman–Crippen MR) is 127 cm³/mol. The van der Waals surface area contributed by atoms with E-state index in [2.05, 4.69) is 17.1 Å². The maximum Gasteiger partial charge on any atom is 0.258 e. The minimum absolute atomic E-state index is 0.251. The third-order valence-electron chi connectivity index (χ3n) is 5.36. The zero-order valence-corrected chi connectivity index (χ0v) is 19.0. The van der Waals surface area contributed by atoms with Crippen LogP contribution >= 0.6 is 12.2 Å². The smallest absolute Gasteiger partial charge is 0.258 e. The van der Waals surface area contributed by atoms with Gasteiger partial charge in [-0.15, -0.1) is 6.58 Å². The normalized spacial score (nSPS) is 16.0. The molecule has 0 bridgehead atoms. The van der Waals surface area contributed by atoms with E-state index in [-0.39, 0.29) is 6.04 Å². The van der Waals surface area contributed by atoms with Gasteiger partial charge in [-0.25, -0.2) is 0 Å². The van der Waals surface area contributed by atoms with E-state index in [1.807, 2.05) is 60.4 Å². The highest BCUT2D eigenvalue weighted by Crippen LogP contribution is 2.37. The molecule has 0 fully saturated rings. The Morgan fingerprint density at radius 1 is 1.09 bits per heavy atom. The summed E-state index contributed by atoms with van der Waals surface area (Å²) in [5, 5.41) is 8.24. The molecule has 4 rings (SSSR count). The van der Waals surface area contributed by atoms with E-state index in [4.69, 9.17) is 31.2 Å². The van der Waals surface area contributed by atoms with Crippen LogP contribution in [0.5, 0.6) is 11.5 Å². The summed E-state index contributed by atoms with van der Waals surface area (Å²) in [5.41, 5.74) is 3.63. The Kier molecular flexibility index (Phi) is 6.23. The topological polar surface area (TPSA) is 72.7 Å². The molecule has 0 amide bonds. The van der Waals surface area contributed by atoms with Gasteiger partial charge in [0.15, 0.2) is 5.11 Å².